The summed E-state index contributed by atoms with van der Waals surface area (Å²) in [6, 6.07) is 8.00. The van der Waals surface area contributed by atoms with Crippen LogP contribution in [0.4, 0.5) is 0 Å². The summed E-state index contributed by atoms with van der Waals surface area (Å²) >= 11 is 0. The highest BCUT2D eigenvalue weighted by Gasteiger charge is 2.16. The van der Waals surface area contributed by atoms with Crippen molar-refractivity contribution in [1.29, 1.82) is 0 Å². The van der Waals surface area contributed by atoms with Crippen molar-refractivity contribution in [2.45, 2.75) is 20.4 Å². The first-order valence-corrected chi connectivity index (χ1v) is 10.3. The quantitative estimate of drug-likeness (QED) is 0.490. The number of imidazole rings is 1. The van der Waals surface area contributed by atoms with Gasteiger partial charge in [0.15, 0.2) is 5.65 Å². The average Bonchev–Trinajstić information content (AvgIpc) is 3.13. The van der Waals surface area contributed by atoms with Crippen LogP contribution in [0.15, 0.2) is 45.9 Å². The lowest BCUT2D eigenvalue weighted by molar-refractivity contribution is 0.148. The maximum atomic E-state index is 12.8. The fraction of sp³-hybridized carbons (Fsp3) is 0.348. The molecule has 1 fully saturated rings. The average molecular weight is 403 g/mol. The van der Waals surface area contributed by atoms with Crippen LogP contribution in [0.1, 0.15) is 17.0 Å². The molecule has 7 nitrogen and oxygen atoms in total. The lowest BCUT2D eigenvalue weighted by Crippen LogP contribution is -2.43. The molecule has 0 amide bonds. The van der Waals surface area contributed by atoms with Gasteiger partial charge in [-0.15, -0.1) is 0 Å². The second-order valence-electron chi connectivity index (χ2n) is 8.22. The van der Waals surface area contributed by atoms with Gasteiger partial charge in [-0.2, -0.15) is 0 Å². The van der Waals surface area contributed by atoms with Gasteiger partial charge in [0.2, 0.25) is 0 Å². The third-order valence-corrected chi connectivity index (χ3v) is 5.80. The maximum Gasteiger partial charge on any atom is 0.345 e. The molecule has 4 heterocycles. The lowest BCUT2D eigenvalue weighted by atomic mass is 10.1. The van der Waals surface area contributed by atoms with Crippen LogP contribution in [0, 0.1) is 13.8 Å². The highest BCUT2D eigenvalue weighted by Crippen LogP contribution is 2.23. The molecule has 5 rings (SSSR count). The summed E-state index contributed by atoms with van der Waals surface area (Å²) in [6.07, 6.45) is 3.77. The minimum atomic E-state index is -0.370. The predicted molar refractivity (Wildman–Crippen MR) is 117 cm³/mol. The summed E-state index contributed by atoms with van der Waals surface area (Å²) in [6.45, 7) is 9.00. The standard InChI is InChI=1S/C23H25N5O2/c1-15-12-28-14-20(25-22(28)16(2)24-15)19-11-18-5-4-17(10-21(18)30-23(19)29)13-27-8-6-26(3)7-9-27/h4-5,10-12,14H,6-9,13H2,1-3H3. The molecule has 0 spiro atoms. The maximum absolute atomic E-state index is 12.8. The number of nitrogens with zero attached hydrogens (tertiary/aromatic N) is 5. The van der Waals surface area contributed by atoms with Gasteiger partial charge in [0.1, 0.15) is 5.58 Å². The molecule has 1 aromatic carbocycles. The number of benzene rings is 1. The first kappa shape index (κ1) is 19.0. The van der Waals surface area contributed by atoms with E-state index in [4.69, 9.17) is 4.42 Å². The van der Waals surface area contributed by atoms with Gasteiger partial charge < -0.3 is 13.7 Å². The van der Waals surface area contributed by atoms with Gasteiger partial charge in [-0.3, -0.25) is 9.88 Å². The molecule has 0 bridgehead atoms. The molecule has 30 heavy (non-hydrogen) atoms. The Hall–Kier alpha value is -3.03. The Labute approximate surface area is 174 Å². The highest BCUT2D eigenvalue weighted by atomic mass is 16.4. The minimum Gasteiger partial charge on any atom is -0.422 e. The number of rotatable bonds is 3. The third-order valence-electron chi connectivity index (χ3n) is 5.80. The first-order valence-electron chi connectivity index (χ1n) is 10.3. The predicted octanol–water partition coefficient (Wildman–Crippen LogP) is 2.87. The Balaban J connectivity index is 1.48. The second-order valence-corrected chi connectivity index (χ2v) is 8.22. The zero-order valence-corrected chi connectivity index (χ0v) is 17.6. The zero-order valence-electron chi connectivity index (χ0n) is 17.6. The van der Waals surface area contributed by atoms with Crippen LogP contribution in [0.2, 0.25) is 0 Å². The van der Waals surface area contributed by atoms with Crippen molar-refractivity contribution < 1.29 is 4.42 Å². The number of aryl methyl sites for hydroxylation is 2. The second kappa shape index (κ2) is 7.34. The fourth-order valence-corrected chi connectivity index (χ4v) is 4.13. The van der Waals surface area contributed by atoms with E-state index in [1.165, 1.54) is 0 Å². The van der Waals surface area contributed by atoms with Gasteiger partial charge >= 0.3 is 5.63 Å². The van der Waals surface area contributed by atoms with E-state index in [1.807, 2.05) is 48.8 Å². The van der Waals surface area contributed by atoms with Crippen molar-refractivity contribution in [3.63, 3.8) is 0 Å². The molecular formula is C23H25N5O2. The third kappa shape index (κ3) is 3.51. The van der Waals surface area contributed by atoms with Crippen molar-refractivity contribution in [2.75, 3.05) is 33.2 Å². The minimum absolute atomic E-state index is 0.370. The van der Waals surface area contributed by atoms with E-state index in [-0.39, 0.29) is 5.63 Å². The van der Waals surface area contributed by atoms with E-state index >= 15 is 0 Å². The normalized spacial score (nSPS) is 16.0. The molecular weight excluding hydrogens is 378 g/mol. The first-order chi connectivity index (χ1) is 14.5. The molecule has 0 unspecified atom stereocenters. The van der Waals surface area contributed by atoms with E-state index in [1.54, 1.807) is 0 Å². The Kier molecular flexibility index (Phi) is 4.64. The van der Waals surface area contributed by atoms with Gasteiger partial charge in [-0.25, -0.2) is 9.78 Å². The largest absolute Gasteiger partial charge is 0.422 e. The van der Waals surface area contributed by atoms with Gasteiger partial charge in [-0.1, -0.05) is 12.1 Å². The highest BCUT2D eigenvalue weighted by molar-refractivity contribution is 5.81. The summed E-state index contributed by atoms with van der Waals surface area (Å²) in [5.74, 6) is 0. The fourth-order valence-electron chi connectivity index (χ4n) is 4.13. The number of hydrogen-bond donors (Lipinski definition) is 0. The molecule has 0 N–H and O–H groups in total. The van der Waals surface area contributed by atoms with E-state index in [2.05, 4.69) is 32.9 Å². The Morgan fingerprint density at radius 1 is 1.03 bits per heavy atom. The number of hydrogen-bond acceptors (Lipinski definition) is 6. The SMILES string of the molecule is Cc1cn2cc(-c3cc4ccc(CN5CCN(C)CC5)cc4oc3=O)nc2c(C)n1. The molecule has 1 aliphatic rings. The van der Waals surface area contributed by atoms with E-state index in [9.17, 15) is 4.79 Å². The molecule has 0 aliphatic carbocycles. The van der Waals surface area contributed by atoms with Crippen molar-refractivity contribution in [3.05, 3.63) is 64.0 Å². The van der Waals surface area contributed by atoms with Gasteiger partial charge in [0.05, 0.1) is 22.6 Å². The topological polar surface area (TPSA) is 66.9 Å². The summed E-state index contributed by atoms with van der Waals surface area (Å²) in [7, 11) is 2.15. The van der Waals surface area contributed by atoms with E-state index < -0.39 is 0 Å². The Bertz CT molecular complexity index is 1300. The lowest BCUT2D eigenvalue weighted by Gasteiger charge is -2.32. The Morgan fingerprint density at radius 2 is 1.83 bits per heavy atom. The number of piperazine rings is 1. The molecule has 154 valence electrons. The molecule has 1 aliphatic heterocycles. The van der Waals surface area contributed by atoms with Crippen LogP contribution in [0.25, 0.3) is 27.9 Å². The van der Waals surface area contributed by atoms with Gasteiger partial charge in [-0.05, 0) is 38.6 Å². The summed E-state index contributed by atoms with van der Waals surface area (Å²) in [4.78, 5) is 26.6. The molecule has 0 saturated carbocycles. The zero-order chi connectivity index (χ0) is 20.8. The summed E-state index contributed by atoms with van der Waals surface area (Å²) in [5, 5.41) is 0.898. The van der Waals surface area contributed by atoms with Crippen molar-refractivity contribution in [3.8, 4) is 11.3 Å². The number of likely N-dealkylation sites (N-methyl/N-ethyl adjacent to an activating group) is 1. The monoisotopic (exact) mass is 403 g/mol. The van der Waals surface area contributed by atoms with Crippen molar-refractivity contribution >= 4 is 16.6 Å². The Morgan fingerprint density at radius 3 is 2.63 bits per heavy atom. The van der Waals surface area contributed by atoms with Crippen LogP contribution in [-0.2, 0) is 6.54 Å². The van der Waals surface area contributed by atoms with E-state index in [0.717, 1.165) is 60.7 Å². The van der Waals surface area contributed by atoms with Crippen molar-refractivity contribution in [1.82, 2.24) is 24.2 Å². The van der Waals surface area contributed by atoms with Gasteiger partial charge in [0, 0.05) is 50.5 Å². The smallest absolute Gasteiger partial charge is 0.345 e. The van der Waals surface area contributed by atoms with Crippen LogP contribution < -0.4 is 5.63 Å². The molecule has 7 heteroatoms. The molecule has 0 atom stereocenters. The molecule has 0 radical (unpaired) electrons. The molecule has 4 aromatic rings. The molecule has 3 aromatic heterocycles. The molecule has 1 saturated heterocycles. The van der Waals surface area contributed by atoms with Crippen LogP contribution >= 0.6 is 0 Å². The number of fused-ring (bicyclic) bond motifs is 2. The summed E-state index contributed by atoms with van der Waals surface area (Å²) < 4.78 is 7.61. The number of aromatic nitrogens is 3. The van der Waals surface area contributed by atoms with Crippen LogP contribution in [-0.4, -0.2) is 57.4 Å². The summed E-state index contributed by atoms with van der Waals surface area (Å²) in [5.41, 5.74) is 4.96. The van der Waals surface area contributed by atoms with E-state index in [0.29, 0.717) is 16.8 Å². The van der Waals surface area contributed by atoms with Gasteiger partial charge in [0.25, 0.3) is 0 Å². The van der Waals surface area contributed by atoms with Crippen molar-refractivity contribution in [2.24, 2.45) is 0 Å². The van der Waals surface area contributed by atoms with Crippen LogP contribution in [0.3, 0.4) is 0 Å². The van der Waals surface area contributed by atoms with Crippen LogP contribution in [0.5, 0.6) is 0 Å².